The van der Waals surface area contributed by atoms with Crippen LogP contribution in [0.4, 0.5) is 5.69 Å². The highest BCUT2D eigenvalue weighted by molar-refractivity contribution is 6.04. The molecule has 0 aliphatic carbocycles. The maximum atomic E-state index is 12.8. The summed E-state index contributed by atoms with van der Waals surface area (Å²) in [6.45, 7) is 4.80. The second-order valence-electron chi connectivity index (χ2n) is 8.31. The minimum atomic E-state index is -0.249. The summed E-state index contributed by atoms with van der Waals surface area (Å²) >= 11 is 0. The molecule has 8 heteroatoms. The first-order valence-electron chi connectivity index (χ1n) is 11.3. The fourth-order valence-electron chi connectivity index (χ4n) is 3.83. The van der Waals surface area contributed by atoms with Gasteiger partial charge in [0, 0.05) is 32.7 Å². The molecule has 0 saturated carbocycles. The van der Waals surface area contributed by atoms with Crippen LogP contribution in [-0.2, 0) is 11.3 Å². The van der Waals surface area contributed by atoms with Crippen LogP contribution in [0, 0.1) is 6.92 Å². The molecule has 1 aliphatic rings. The van der Waals surface area contributed by atoms with Crippen molar-refractivity contribution in [3.63, 3.8) is 0 Å². The summed E-state index contributed by atoms with van der Waals surface area (Å²) in [7, 11) is 0. The molecule has 176 valence electrons. The molecule has 3 aromatic rings. The van der Waals surface area contributed by atoms with E-state index in [1.54, 1.807) is 41.3 Å². The van der Waals surface area contributed by atoms with Crippen LogP contribution in [0.15, 0.2) is 71.3 Å². The highest BCUT2D eigenvalue weighted by atomic mass is 16.3. The Labute approximate surface area is 198 Å². The van der Waals surface area contributed by atoms with Gasteiger partial charge in [-0.05, 0) is 36.8 Å². The fourth-order valence-corrected chi connectivity index (χ4v) is 3.83. The van der Waals surface area contributed by atoms with E-state index in [1.807, 2.05) is 36.1 Å². The quantitative estimate of drug-likeness (QED) is 0.565. The Balaban J connectivity index is 1.28. The van der Waals surface area contributed by atoms with Gasteiger partial charge in [-0.2, -0.15) is 0 Å². The Kier molecular flexibility index (Phi) is 7.39. The van der Waals surface area contributed by atoms with Crippen molar-refractivity contribution in [3.05, 3.63) is 89.4 Å². The number of hydrogen-bond acceptors (Lipinski definition) is 5. The number of carbonyl (C=O) groups is 3. The van der Waals surface area contributed by atoms with Crippen molar-refractivity contribution >= 4 is 23.4 Å². The van der Waals surface area contributed by atoms with Gasteiger partial charge in [0.1, 0.15) is 0 Å². The van der Waals surface area contributed by atoms with Crippen molar-refractivity contribution in [1.82, 2.24) is 15.1 Å². The zero-order valence-corrected chi connectivity index (χ0v) is 19.1. The van der Waals surface area contributed by atoms with Gasteiger partial charge in [0.15, 0.2) is 5.76 Å². The smallest absolute Gasteiger partial charge is 0.289 e. The van der Waals surface area contributed by atoms with E-state index in [0.29, 0.717) is 49.7 Å². The first-order valence-corrected chi connectivity index (χ1v) is 11.3. The van der Waals surface area contributed by atoms with Crippen LogP contribution in [0.25, 0.3) is 0 Å². The van der Waals surface area contributed by atoms with E-state index in [1.165, 1.54) is 6.26 Å². The number of hydrogen-bond donors (Lipinski definition) is 2. The lowest BCUT2D eigenvalue weighted by Gasteiger charge is -2.33. The average molecular weight is 461 g/mol. The molecular formula is C26H28N4O4. The van der Waals surface area contributed by atoms with Gasteiger partial charge in [0.2, 0.25) is 5.91 Å². The SMILES string of the molecule is Cc1ccc(CNC(=O)c2ccccc2NC(=O)CN2CCN(C(=O)c3ccco3)CC2)cc1. The summed E-state index contributed by atoms with van der Waals surface area (Å²) in [4.78, 5) is 41.5. The van der Waals surface area contributed by atoms with Gasteiger partial charge in [-0.25, -0.2) is 0 Å². The van der Waals surface area contributed by atoms with Crippen molar-refractivity contribution < 1.29 is 18.8 Å². The molecule has 3 amide bonds. The van der Waals surface area contributed by atoms with E-state index in [0.717, 1.165) is 11.1 Å². The van der Waals surface area contributed by atoms with Crippen LogP contribution in [0.3, 0.4) is 0 Å². The summed E-state index contributed by atoms with van der Waals surface area (Å²) in [6.07, 6.45) is 1.48. The molecule has 0 atom stereocenters. The number of carbonyl (C=O) groups excluding carboxylic acids is 3. The van der Waals surface area contributed by atoms with Crippen LogP contribution < -0.4 is 10.6 Å². The standard InChI is InChI=1S/C26H28N4O4/c1-19-8-10-20(11-9-19)17-27-25(32)21-5-2-3-6-22(21)28-24(31)18-29-12-14-30(15-13-29)26(33)23-7-4-16-34-23/h2-11,16H,12-15,17-18H2,1H3,(H,27,32)(H,28,31). The van der Waals surface area contributed by atoms with E-state index in [-0.39, 0.29) is 24.3 Å². The lowest BCUT2D eigenvalue weighted by Crippen LogP contribution is -2.50. The molecule has 2 aromatic carbocycles. The molecule has 0 radical (unpaired) electrons. The summed E-state index contributed by atoms with van der Waals surface area (Å²) in [5, 5.41) is 5.77. The molecule has 0 spiro atoms. The number of furan rings is 1. The summed E-state index contributed by atoms with van der Waals surface area (Å²) in [5.74, 6) is -0.269. The Hall–Kier alpha value is -3.91. The molecule has 34 heavy (non-hydrogen) atoms. The number of piperazine rings is 1. The maximum Gasteiger partial charge on any atom is 0.289 e. The van der Waals surface area contributed by atoms with Crippen LogP contribution in [0.2, 0.25) is 0 Å². The number of rotatable bonds is 7. The second kappa shape index (κ2) is 10.8. The number of nitrogens with zero attached hydrogens (tertiary/aromatic N) is 2. The third kappa shape index (κ3) is 5.90. The Morgan fingerprint density at radius 2 is 1.65 bits per heavy atom. The molecule has 2 N–H and O–H groups in total. The Morgan fingerprint density at radius 1 is 0.912 bits per heavy atom. The maximum absolute atomic E-state index is 12.8. The van der Waals surface area contributed by atoms with Crippen molar-refractivity contribution in [2.24, 2.45) is 0 Å². The van der Waals surface area contributed by atoms with E-state index in [4.69, 9.17) is 4.42 Å². The van der Waals surface area contributed by atoms with Crippen molar-refractivity contribution in [2.75, 3.05) is 38.0 Å². The number of nitrogens with one attached hydrogen (secondary N) is 2. The Bertz CT molecular complexity index is 1130. The van der Waals surface area contributed by atoms with Crippen LogP contribution in [0.5, 0.6) is 0 Å². The zero-order valence-electron chi connectivity index (χ0n) is 19.1. The zero-order chi connectivity index (χ0) is 23.9. The summed E-state index contributed by atoms with van der Waals surface area (Å²) < 4.78 is 5.18. The highest BCUT2D eigenvalue weighted by Crippen LogP contribution is 2.16. The normalized spacial score (nSPS) is 14.0. The topological polar surface area (TPSA) is 94.9 Å². The number of benzene rings is 2. The van der Waals surface area contributed by atoms with Gasteiger partial charge in [-0.1, -0.05) is 42.0 Å². The van der Waals surface area contributed by atoms with Crippen LogP contribution in [0.1, 0.15) is 32.0 Å². The minimum Gasteiger partial charge on any atom is -0.459 e. The number of para-hydroxylation sites is 1. The predicted molar refractivity (Wildman–Crippen MR) is 128 cm³/mol. The molecule has 1 saturated heterocycles. The van der Waals surface area contributed by atoms with Gasteiger partial charge in [0.05, 0.1) is 24.1 Å². The molecule has 0 bridgehead atoms. The third-order valence-electron chi connectivity index (χ3n) is 5.78. The van der Waals surface area contributed by atoms with Gasteiger partial charge in [0.25, 0.3) is 11.8 Å². The average Bonchev–Trinajstić information content (AvgIpc) is 3.39. The predicted octanol–water partition coefficient (Wildman–Crippen LogP) is 2.91. The van der Waals surface area contributed by atoms with Gasteiger partial charge in [-0.3, -0.25) is 19.3 Å². The van der Waals surface area contributed by atoms with E-state index in [2.05, 4.69) is 10.6 Å². The van der Waals surface area contributed by atoms with Gasteiger partial charge < -0.3 is 20.0 Å². The van der Waals surface area contributed by atoms with Crippen LogP contribution in [-0.4, -0.2) is 60.2 Å². The van der Waals surface area contributed by atoms with Crippen molar-refractivity contribution in [3.8, 4) is 0 Å². The number of aryl methyl sites for hydroxylation is 1. The first kappa shape index (κ1) is 23.3. The van der Waals surface area contributed by atoms with E-state index < -0.39 is 0 Å². The monoisotopic (exact) mass is 460 g/mol. The molecular weight excluding hydrogens is 432 g/mol. The number of amides is 3. The van der Waals surface area contributed by atoms with E-state index in [9.17, 15) is 14.4 Å². The molecule has 1 aromatic heterocycles. The minimum absolute atomic E-state index is 0.139. The van der Waals surface area contributed by atoms with Crippen molar-refractivity contribution in [2.45, 2.75) is 13.5 Å². The summed E-state index contributed by atoms with van der Waals surface area (Å²) in [5.41, 5.74) is 3.05. The molecule has 4 rings (SSSR count). The van der Waals surface area contributed by atoms with Crippen molar-refractivity contribution in [1.29, 1.82) is 0 Å². The third-order valence-corrected chi connectivity index (χ3v) is 5.78. The molecule has 0 unspecified atom stereocenters. The molecule has 2 heterocycles. The molecule has 1 fully saturated rings. The van der Waals surface area contributed by atoms with Gasteiger partial charge in [-0.15, -0.1) is 0 Å². The first-order chi connectivity index (χ1) is 16.5. The van der Waals surface area contributed by atoms with Crippen LogP contribution >= 0.6 is 0 Å². The summed E-state index contributed by atoms with van der Waals surface area (Å²) in [6, 6.07) is 18.3. The fraction of sp³-hybridized carbons (Fsp3) is 0.269. The lowest BCUT2D eigenvalue weighted by atomic mass is 10.1. The largest absolute Gasteiger partial charge is 0.459 e. The second-order valence-corrected chi connectivity index (χ2v) is 8.31. The lowest BCUT2D eigenvalue weighted by molar-refractivity contribution is -0.117. The number of anilines is 1. The molecule has 1 aliphatic heterocycles. The molecule has 8 nitrogen and oxygen atoms in total. The van der Waals surface area contributed by atoms with Gasteiger partial charge >= 0.3 is 0 Å². The van der Waals surface area contributed by atoms with E-state index >= 15 is 0 Å². The Morgan fingerprint density at radius 3 is 2.35 bits per heavy atom. The highest BCUT2D eigenvalue weighted by Gasteiger charge is 2.25.